The van der Waals surface area contributed by atoms with Crippen molar-refractivity contribution in [3.63, 3.8) is 0 Å². The topological polar surface area (TPSA) is 55.8 Å². The van der Waals surface area contributed by atoms with E-state index >= 15 is 0 Å². The number of carbonyl (C=O) groups excluding carboxylic acids is 2. The highest BCUT2D eigenvalue weighted by Crippen LogP contribution is 2.19. The Morgan fingerprint density at radius 2 is 2.00 bits per heavy atom. The fraction of sp³-hybridized carbons (Fsp3) is 0.429. The number of hydrogen-bond donors (Lipinski definition) is 0. The molecule has 0 saturated heterocycles. The molecular formula is C14H18FNO4. The fourth-order valence-corrected chi connectivity index (χ4v) is 1.71. The van der Waals surface area contributed by atoms with Crippen LogP contribution in [-0.4, -0.2) is 44.1 Å². The van der Waals surface area contributed by atoms with Crippen LogP contribution in [-0.2, 0) is 9.53 Å². The molecule has 5 nitrogen and oxygen atoms in total. The van der Waals surface area contributed by atoms with Gasteiger partial charge in [-0.25, -0.2) is 4.39 Å². The number of ether oxygens (including phenoxy) is 2. The van der Waals surface area contributed by atoms with Crippen molar-refractivity contribution in [1.82, 2.24) is 4.90 Å². The summed E-state index contributed by atoms with van der Waals surface area (Å²) in [6.45, 7) is 2.49. The maximum atomic E-state index is 13.3. The molecule has 6 heteroatoms. The minimum atomic E-state index is -0.526. The number of hydrogen-bond acceptors (Lipinski definition) is 4. The monoisotopic (exact) mass is 283 g/mol. The molecule has 0 bridgehead atoms. The second kappa shape index (κ2) is 7.47. The Labute approximate surface area is 117 Å². The van der Waals surface area contributed by atoms with E-state index in [9.17, 15) is 14.0 Å². The van der Waals surface area contributed by atoms with E-state index < -0.39 is 5.82 Å². The summed E-state index contributed by atoms with van der Waals surface area (Å²) >= 11 is 0. The molecule has 0 aliphatic rings. The third-order valence-electron chi connectivity index (χ3n) is 2.88. The molecule has 1 aromatic rings. The van der Waals surface area contributed by atoms with Gasteiger partial charge >= 0.3 is 5.97 Å². The first-order valence-corrected chi connectivity index (χ1v) is 6.23. The van der Waals surface area contributed by atoms with Gasteiger partial charge in [-0.05, 0) is 25.1 Å². The van der Waals surface area contributed by atoms with Crippen molar-refractivity contribution in [1.29, 1.82) is 0 Å². The molecule has 1 rings (SSSR count). The molecule has 0 radical (unpaired) electrons. The maximum Gasteiger partial charge on any atom is 0.307 e. The van der Waals surface area contributed by atoms with Crippen LogP contribution in [0.5, 0.6) is 5.75 Å². The summed E-state index contributed by atoms with van der Waals surface area (Å²) in [5, 5.41) is 0. The molecule has 20 heavy (non-hydrogen) atoms. The number of nitrogens with zero attached hydrogens (tertiary/aromatic N) is 1. The van der Waals surface area contributed by atoms with Crippen molar-refractivity contribution in [2.24, 2.45) is 0 Å². The summed E-state index contributed by atoms with van der Waals surface area (Å²) in [5.74, 6) is -1.18. The standard InChI is InChI=1S/C14H18FNO4/c1-4-16(8-7-13(17)20-3)14(18)10-5-6-11(15)12(9-10)19-2/h5-6,9H,4,7-8H2,1-3H3. The van der Waals surface area contributed by atoms with Gasteiger partial charge < -0.3 is 14.4 Å². The van der Waals surface area contributed by atoms with Crippen molar-refractivity contribution in [2.45, 2.75) is 13.3 Å². The molecule has 0 heterocycles. The summed E-state index contributed by atoms with van der Waals surface area (Å²) in [6, 6.07) is 3.92. The normalized spacial score (nSPS) is 10.0. The fourth-order valence-electron chi connectivity index (χ4n) is 1.71. The molecule has 0 atom stereocenters. The molecule has 0 spiro atoms. The quantitative estimate of drug-likeness (QED) is 0.748. The van der Waals surface area contributed by atoms with Crippen molar-refractivity contribution in [3.05, 3.63) is 29.6 Å². The smallest absolute Gasteiger partial charge is 0.307 e. The zero-order valence-electron chi connectivity index (χ0n) is 11.8. The van der Waals surface area contributed by atoms with Crippen LogP contribution in [0.15, 0.2) is 18.2 Å². The average Bonchev–Trinajstić information content (AvgIpc) is 2.47. The first kappa shape index (κ1) is 15.9. The van der Waals surface area contributed by atoms with Crippen LogP contribution in [0.25, 0.3) is 0 Å². The minimum Gasteiger partial charge on any atom is -0.494 e. The Morgan fingerprint density at radius 3 is 2.55 bits per heavy atom. The van der Waals surface area contributed by atoms with E-state index in [1.165, 1.54) is 37.3 Å². The first-order valence-electron chi connectivity index (χ1n) is 6.23. The highest BCUT2D eigenvalue weighted by molar-refractivity contribution is 5.94. The number of esters is 1. The molecule has 110 valence electrons. The van der Waals surface area contributed by atoms with Crippen LogP contribution < -0.4 is 4.74 Å². The lowest BCUT2D eigenvalue weighted by Gasteiger charge is -2.20. The van der Waals surface area contributed by atoms with Crippen LogP contribution in [0.4, 0.5) is 4.39 Å². The van der Waals surface area contributed by atoms with Gasteiger partial charge in [-0.1, -0.05) is 0 Å². The van der Waals surface area contributed by atoms with Crippen LogP contribution in [0.3, 0.4) is 0 Å². The molecule has 0 aliphatic carbocycles. The van der Waals surface area contributed by atoms with Gasteiger partial charge in [0, 0.05) is 18.7 Å². The summed E-state index contributed by atoms with van der Waals surface area (Å²) in [6.07, 6.45) is 0.119. The molecule has 0 unspecified atom stereocenters. The van der Waals surface area contributed by atoms with Crippen molar-refractivity contribution >= 4 is 11.9 Å². The SMILES string of the molecule is CCN(CCC(=O)OC)C(=O)c1ccc(F)c(OC)c1. The van der Waals surface area contributed by atoms with Crippen LogP contribution in [0.2, 0.25) is 0 Å². The van der Waals surface area contributed by atoms with E-state index in [-0.39, 0.29) is 30.6 Å². The van der Waals surface area contributed by atoms with E-state index in [0.717, 1.165) is 0 Å². The summed E-state index contributed by atoms with van der Waals surface area (Å²) in [5.41, 5.74) is 0.315. The average molecular weight is 283 g/mol. The van der Waals surface area contributed by atoms with Gasteiger partial charge in [0.05, 0.1) is 20.6 Å². The van der Waals surface area contributed by atoms with Crippen molar-refractivity contribution < 1.29 is 23.5 Å². The van der Waals surface area contributed by atoms with Gasteiger partial charge in [-0.3, -0.25) is 9.59 Å². The minimum absolute atomic E-state index is 0.0138. The molecule has 0 N–H and O–H groups in total. The highest BCUT2D eigenvalue weighted by Gasteiger charge is 2.17. The van der Waals surface area contributed by atoms with Crippen molar-refractivity contribution in [3.8, 4) is 5.75 Å². The number of carbonyl (C=O) groups is 2. The predicted molar refractivity (Wildman–Crippen MR) is 71.2 cm³/mol. The van der Waals surface area contributed by atoms with E-state index in [2.05, 4.69) is 4.74 Å². The van der Waals surface area contributed by atoms with E-state index in [1.54, 1.807) is 6.92 Å². The van der Waals surface area contributed by atoms with Gasteiger partial charge in [0.25, 0.3) is 5.91 Å². The molecule has 0 aliphatic heterocycles. The van der Waals surface area contributed by atoms with Crippen LogP contribution >= 0.6 is 0 Å². The third-order valence-corrected chi connectivity index (χ3v) is 2.88. The predicted octanol–water partition coefficient (Wildman–Crippen LogP) is 1.86. The largest absolute Gasteiger partial charge is 0.494 e. The van der Waals surface area contributed by atoms with Crippen LogP contribution in [0, 0.1) is 5.82 Å². The second-order valence-corrected chi connectivity index (χ2v) is 4.06. The van der Waals surface area contributed by atoms with Crippen molar-refractivity contribution in [2.75, 3.05) is 27.3 Å². The van der Waals surface area contributed by atoms with Gasteiger partial charge in [0.2, 0.25) is 0 Å². The van der Waals surface area contributed by atoms with E-state index in [1.807, 2.05) is 0 Å². The number of rotatable bonds is 6. The maximum absolute atomic E-state index is 13.3. The first-order chi connectivity index (χ1) is 9.53. The number of amides is 1. The number of halogens is 1. The molecule has 1 amide bonds. The molecular weight excluding hydrogens is 265 g/mol. The Hall–Kier alpha value is -2.11. The Kier molecular flexibility index (Phi) is 5.96. The number of methoxy groups -OCH3 is 2. The lowest BCUT2D eigenvalue weighted by Crippen LogP contribution is -2.33. The summed E-state index contributed by atoms with van der Waals surface area (Å²) in [4.78, 5) is 24.8. The summed E-state index contributed by atoms with van der Waals surface area (Å²) in [7, 11) is 2.63. The van der Waals surface area contributed by atoms with Gasteiger partial charge in [0.1, 0.15) is 0 Å². The summed E-state index contributed by atoms with van der Waals surface area (Å²) < 4.78 is 22.7. The highest BCUT2D eigenvalue weighted by atomic mass is 19.1. The van der Waals surface area contributed by atoms with Gasteiger partial charge in [-0.2, -0.15) is 0 Å². The third kappa shape index (κ3) is 3.94. The van der Waals surface area contributed by atoms with Gasteiger partial charge in [-0.15, -0.1) is 0 Å². The second-order valence-electron chi connectivity index (χ2n) is 4.06. The molecule has 1 aromatic carbocycles. The molecule has 0 aromatic heterocycles. The van der Waals surface area contributed by atoms with E-state index in [0.29, 0.717) is 12.1 Å². The Balaban J connectivity index is 2.82. The zero-order chi connectivity index (χ0) is 15.1. The van der Waals surface area contributed by atoms with Gasteiger partial charge in [0.15, 0.2) is 11.6 Å². The van der Waals surface area contributed by atoms with E-state index in [4.69, 9.17) is 4.74 Å². The zero-order valence-corrected chi connectivity index (χ0v) is 11.8. The molecule has 0 saturated carbocycles. The lowest BCUT2D eigenvalue weighted by atomic mass is 10.1. The Morgan fingerprint density at radius 1 is 1.30 bits per heavy atom. The van der Waals surface area contributed by atoms with Crippen LogP contribution in [0.1, 0.15) is 23.7 Å². The molecule has 0 fully saturated rings. The number of benzene rings is 1. The Bertz CT molecular complexity index is 490. The lowest BCUT2D eigenvalue weighted by molar-refractivity contribution is -0.140.